The minimum Gasteiger partial charge on any atom is -0.507 e. The summed E-state index contributed by atoms with van der Waals surface area (Å²) in [5.74, 6) is -0.0788. The maximum absolute atomic E-state index is 12.0. The first-order chi connectivity index (χ1) is 13.3. The highest BCUT2D eigenvalue weighted by atomic mass is 79.9. The van der Waals surface area contributed by atoms with E-state index in [1.54, 1.807) is 38.4 Å². The highest BCUT2D eigenvalue weighted by Crippen LogP contribution is 2.36. The average molecular weight is 450 g/mol. The Morgan fingerprint density at radius 1 is 1.29 bits per heavy atom. The van der Waals surface area contributed by atoms with E-state index < -0.39 is 5.91 Å². The fourth-order valence-corrected chi connectivity index (χ4v) is 2.68. The van der Waals surface area contributed by atoms with Crippen LogP contribution in [0.2, 0.25) is 0 Å². The van der Waals surface area contributed by atoms with Gasteiger partial charge in [-0.1, -0.05) is 12.1 Å². The number of rotatable bonds is 7. The Morgan fingerprint density at radius 3 is 2.64 bits per heavy atom. The van der Waals surface area contributed by atoms with Crippen molar-refractivity contribution in [1.29, 1.82) is 0 Å². The number of phenolic OH excluding ortho intramolecular Hbond substituents is 1. The van der Waals surface area contributed by atoms with Crippen LogP contribution in [0.15, 0.2) is 46.0 Å². The van der Waals surface area contributed by atoms with E-state index in [0.717, 1.165) is 0 Å². The van der Waals surface area contributed by atoms with Crippen LogP contribution >= 0.6 is 15.9 Å². The van der Waals surface area contributed by atoms with E-state index in [1.165, 1.54) is 30.4 Å². The van der Waals surface area contributed by atoms with Crippen LogP contribution in [0.25, 0.3) is 0 Å². The van der Waals surface area contributed by atoms with Crippen LogP contribution < -0.4 is 14.9 Å². The first-order valence-electron chi connectivity index (χ1n) is 8.15. The number of nitrogens with one attached hydrogen (secondary N) is 1. The highest BCUT2D eigenvalue weighted by Gasteiger charge is 2.14. The van der Waals surface area contributed by atoms with Gasteiger partial charge in [0.05, 0.1) is 23.4 Å². The van der Waals surface area contributed by atoms with E-state index in [2.05, 4.69) is 26.5 Å². The van der Waals surface area contributed by atoms with Crippen molar-refractivity contribution in [3.63, 3.8) is 0 Å². The number of benzene rings is 2. The van der Waals surface area contributed by atoms with Crippen molar-refractivity contribution in [1.82, 2.24) is 10.3 Å². The van der Waals surface area contributed by atoms with Crippen LogP contribution in [0.5, 0.6) is 17.2 Å². The van der Waals surface area contributed by atoms with Gasteiger partial charge in [0.1, 0.15) is 5.75 Å². The van der Waals surface area contributed by atoms with Gasteiger partial charge < -0.3 is 19.5 Å². The third kappa shape index (κ3) is 5.46. The standard InChI is InChI=1S/C19H20BrN3O5/c1-23(2)17(25)11-28-18-14(20)8-12(9-16(18)27-3)10-21-22-19(26)13-6-4-5-7-15(13)24/h4-10,24H,11H2,1-3H3,(H,22,26). The number of para-hydroxylation sites is 1. The SMILES string of the molecule is COc1cc(C=NNC(=O)c2ccccc2O)cc(Br)c1OCC(=O)N(C)C. The Kier molecular flexibility index (Phi) is 7.39. The molecule has 28 heavy (non-hydrogen) atoms. The second kappa shape index (κ2) is 9.75. The number of methoxy groups -OCH3 is 1. The summed E-state index contributed by atoms with van der Waals surface area (Å²) in [5.41, 5.74) is 3.08. The maximum atomic E-state index is 12.0. The summed E-state index contributed by atoms with van der Waals surface area (Å²) in [6, 6.07) is 9.51. The molecule has 0 spiro atoms. The lowest BCUT2D eigenvalue weighted by Crippen LogP contribution is -2.27. The van der Waals surface area contributed by atoms with Gasteiger partial charge in [0, 0.05) is 14.1 Å². The minimum atomic E-state index is -0.539. The van der Waals surface area contributed by atoms with Gasteiger partial charge in [-0.25, -0.2) is 5.43 Å². The van der Waals surface area contributed by atoms with Crippen LogP contribution in [0.4, 0.5) is 0 Å². The fourth-order valence-electron chi connectivity index (χ4n) is 2.11. The van der Waals surface area contributed by atoms with E-state index in [-0.39, 0.29) is 23.8 Å². The Morgan fingerprint density at radius 2 is 2.00 bits per heavy atom. The van der Waals surface area contributed by atoms with E-state index in [1.807, 2.05) is 0 Å². The third-order valence-corrected chi connectivity index (χ3v) is 4.21. The van der Waals surface area contributed by atoms with Crippen molar-refractivity contribution in [3.8, 4) is 17.2 Å². The number of amides is 2. The molecule has 0 fully saturated rings. The number of carbonyl (C=O) groups excluding carboxylic acids is 2. The molecule has 0 bridgehead atoms. The second-order valence-electron chi connectivity index (χ2n) is 5.83. The molecule has 0 radical (unpaired) electrons. The molecule has 2 N–H and O–H groups in total. The van der Waals surface area contributed by atoms with Crippen LogP contribution in [-0.4, -0.2) is 55.8 Å². The molecule has 0 unspecified atom stereocenters. The Labute approximate surface area is 170 Å². The summed E-state index contributed by atoms with van der Waals surface area (Å²) in [6.07, 6.45) is 1.42. The number of aromatic hydroxyl groups is 1. The number of halogens is 1. The van der Waals surface area contributed by atoms with E-state index in [0.29, 0.717) is 21.5 Å². The quantitative estimate of drug-likeness (QED) is 0.499. The number of carbonyl (C=O) groups is 2. The first-order valence-corrected chi connectivity index (χ1v) is 8.94. The molecule has 2 aromatic rings. The molecule has 0 aromatic heterocycles. The van der Waals surface area contributed by atoms with Gasteiger partial charge in [-0.2, -0.15) is 5.10 Å². The third-order valence-electron chi connectivity index (χ3n) is 3.62. The predicted octanol–water partition coefficient (Wildman–Crippen LogP) is 2.39. The van der Waals surface area contributed by atoms with E-state index in [9.17, 15) is 14.7 Å². The monoisotopic (exact) mass is 449 g/mol. The lowest BCUT2D eigenvalue weighted by molar-refractivity contribution is -0.130. The van der Waals surface area contributed by atoms with Gasteiger partial charge in [0.15, 0.2) is 18.1 Å². The Bertz CT molecular complexity index is 899. The van der Waals surface area contributed by atoms with Crippen LogP contribution in [0.3, 0.4) is 0 Å². The van der Waals surface area contributed by atoms with Crippen molar-refractivity contribution < 1.29 is 24.2 Å². The number of ether oxygens (including phenoxy) is 2. The Hall–Kier alpha value is -3.07. The number of phenols is 1. The summed E-state index contributed by atoms with van der Waals surface area (Å²) in [4.78, 5) is 25.2. The molecule has 2 amide bonds. The van der Waals surface area contributed by atoms with E-state index in [4.69, 9.17) is 9.47 Å². The summed E-state index contributed by atoms with van der Waals surface area (Å²) < 4.78 is 11.4. The molecule has 9 heteroatoms. The van der Waals surface area contributed by atoms with Crippen molar-refractivity contribution in [2.75, 3.05) is 27.8 Å². The van der Waals surface area contributed by atoms with Crippen molar-refractivity contribution in [2.45, 2.75) is 0 Å². The van der Waals surface area contributed by atoms with Gasteiger partial charge in [-0.3, -0.25) is 9.59 Å². The molecule has 2 aromatic carbocycles. The first kappa shape index (κ1) is 21.2. The molecular formula is C19H20BrN3O5. The molecule has 0 heterocycles. The van der Waals surface area contributed by atoms with Gasteiger partial charge in [0.2, 0.25) is 0 Å². The van der Waals surface area contributed by atoms with Gasteiger partial charge in [0.25, 0.3) is 11.8 Å². The zero-order valence-electron chi connectivity index (χ0n) is 15.6. The van der Waals surface area contributed by atoms with Crippen molar-refractivity contribution in [3.05, 3.63) is 52.0 Å². The van der Waals surface area contributed by atoms with Gasteiger partial charge in [-0.15, -0.1) is 0 Å². The lowest BCUT2D eigenvalue weighted by atomic mass is 10.2. The number of hydrazone groups is 1. The smallest absolute Gasteiger partial charge is 0.275 e. The maximum Gasteiger partial charge on any atom is 0.275 e. The van der Waals surface area contributed by atoms with Gasteiger partial charge >= 0.3 is 0 Å². The summed E-state index contributed by atoms with van der Waals surface area (Å²) >= 11 is 3.38. The average Bonchev–Trinajstić information content (AvgIpc) is 2.66. The number of hydrogen-bond acceptors (Lipinski definition) is 6. The second-order valence-corrected chi connectivity index (χ2v) is 6.68. The minimum absolute atomic E-state index is 0.118. The molecule has 2 rings (SSSR count). The molecule has 0 atom stereocenters. The number of hydrogen-bond donors (Lipinski definition) is 2. The molecule has 0 aliphatic heterocycles. The molecule has 0 saturated heterocycles. The lowest BCUT2D eigenvalue weighted by Gasteiger charge is -2.15. The largest absolute Gasteiger partial charge is 0.507 e. The van der Waals surface area contributed by atoms with E-state index >= 15 is 0 Å². The van der Waals surface area contributed by atoms with Crippen LogP contribution in [0.1, 0.15) is 15.9 Å². The summed E-state index contributed by atoms with van der Waals surface area (Å²) in [6.45, 7) is -0.133. The summed E-state index contributed by atoms with van der Waals surface area (Å²) in [7, 11) is 4.76. The molecule has 0 saturated carbocycles. The highest BCUT2D eigenvalue weighted by molar-refractivity contribution is 9.10. The normalized spacial score (nSPS) is 10.6. The summed E-state index contributed by atoms with van der Waals surface area (Å²) in [5, 5.41) is 13.6. The topological polar surface area (TPSA) is 100 Å². The molecule has 0 aliphatic rings. The molecule has 0 aliphatic carbocycles. The van der Waals surface area contributed by atoms with Crippen molar-refractivity contribution >= 4 is 34.0 Å². The zero-order valence-corrected chi connectivity index (χ0v) is 17.2. The zero-order chi connectivity index (χ0) is 20.7. The van der Waals surface area contributed by atoms with Crippen LogP contribution in [0, 0.1) is 0 Å². The van der Waals surface area contributed by atoms with Gasteiger partial charge in [-0.05, 0) is 45.8 Å². The molecule has 148 valence electrons. The Balaban J connectivity index is 2.11. The van der Waals surface area contributed by atoms with Crippen molar-refractivity contribution in [2.24, 2.45) is 5.10 Å². The number of likely N-dealkylation sites (N-methyl/N-ethyl adjacent to an activating group) is 1. The number of nitrogens with zero attached hydrogens (tertiary/aromatic N) is 2. The molecule has 8 nitrogen and oxygen atoms in total. The predicted molar refractivity (Wildman–Crippen MR) is 108 cm³/mol. The van der Waals surface area contributed by atoms with Crippen LogP contribution in [-0.2, 0) is 4.79 Å². The fraction of sp³-hybridized carbons (Fsp3) is 0.211. The molecular weight excluding hydrogens is 430 g/mol.